The zero-order chi connectivity index (χ0) is 19.8. The summed E-state index contributed by atoms with van der Waals surface area (Å²) in [6.07, 6.45) is 3.42. The third kappa shape index (κ3) is 3.49. The van der Waals surface area contributed by atoms with Crippen molar-refractivity contribution in [3.05, 3.63) is 17.0 Å². The second kappa shape index (κ2) is 7.94. The molecule has 1 amide bonds. The van der Waals surface area contributed by atoms with E-state index in [1.165, 1.54) is 6.33 Å². The molecule has 2 aliphatic rings. The summed E-state index contributed by atoms with van der Waals surface area (Å²) < 4.78 is 2.48. The first kappa shape index (κ1) is 19.6. The summed E-state index contributed by atoms with van der Waals surface area (Å²) in [4.78, 5) is 20.9. The number of amides is 1. The van der Waals surface area contributed by atoms with Crippen LogP contribution >= 0.6 is 15.9 Å². The topological polar surface area (TPSA) is 138 Å². The summed E-state index contributed by atoms with van der Waals surface area (Å²) in [7, 11) is 0. The van der Waals surface area contributed by atoms with E-state index in [2.05, 4.69) is 36.5 Å². The first-order valence-electron chi connectivity index (χ1n) is 9.58. The quantitative estimate of drug-likeness (QED) is 0.445. The highest BCUT2D eigenvalue weighted by molar-refractivity contribution is 9.10. The lowest BCUT2D eigenvalue weighted by Gasteiger charge is -2.24. The second-order valence-corrected chi connectivity index (χ2v) is 8.54. The number of aliphatic hydroxyl groups is 2. The van der Waals surface area contributed by atoms with Crippen molar-refractivity contribution in [1.82, 2.24) is 25.2 Å². The second-order valence-electron chi connectivity index (χ2n) is 7.69. The predicted octanol–water partition coefficient (Wildman–Crippen LogP) is 0.175. The van der Waals surface area contributed by atoms with Gasteiger partial charge in [0.05, 0.1) is 23.4 Å². The number of aromatic nitrogens is 3. The van der Waals surface area contributed by atoms with E-state index in [1.54, 1.807) is 10.8 Å². The summed E-state index contributed by atoms with van der Waals surface area (Å²) in [6, 6.07) is -0.481. The Bertz CT molecular complexity index is 868. The van der Waals surface area contributed by atoms with Crippen LogP contribution in [0.25, 0.3) is 11.0 Å². The molecule has 4 rings (SSSR count). The molecule has 152 valence electrons. The van der Waals surface area contributed by atoms with E-state index in [9.17, 15) is 15.0 Å². The van der Waals surface area contributed by atoms with Crippen LogP contribution in [0, 0.1) is 11.8 Å². The molecule has 1 aliphatic carbocycles. The lowest BCUT2D eigenvalue weighted by Crippen LogP contribution is -2.42. The first-order valence-corrected chi connectivity index (χ1v) is 10.4. The largest absolute Gasteiger partial charge is 0.390 e. The molecule has 2 fully saturated rings. The minimum Gasteiger partial charge on any atom is -0.390 e. The molecule has 28 heavy (non-hydrogen) atoms. The van der Waals surface area contributed by atoms with E-state index < -0.39 is 24.2 Å². The number of hydrogen-bond donors (Lipinski definition) is 5. The van der Waals surface area contributed by atoms with E-state index in [0.29, 0.717) is 40.2 Å². The maximum absolute atomic E-state index is 12.7. The molecule has 0 bridgehead atoms. The van der Waals surface area contributed by atoms with E-state index >= 15 is 0 Å². The van der Waals surface area contributed by atoms with Crippen molar-refractivity contribution in [2.45, 2.75) is 37.5 Å². The van der Waals surface area contributed by atoms with Gasteiger partial charge in [-0.25, -0.2) is 9.97 Å². The summed E-state index contributed by atoms with van der Waals surface area (Å²) >= 11 is 3.45. The fourth-order valence-corrected chi connectivity index (χ4v) is 4.94. The number of nitrogen functional groups attached to an aromatic ring is 1. The summed E-state index contributed by atoms with van der Waals surface area (Å²) in [5, 5.41) is 28.1. The monoisotopic (exact) mass is 452 g/mol. The number of nitrogens with one attached hydrogen (secondary N) is 2. The number of rotatable bonds is 4. The fourth-order valence-electron chi connectivity index (χ4n) is 4.33. The van der Waals surface area contributed by atoms with Gasteiger partial charge >= 0.3 is 0 Å². The van der Waals surface area contributed by atoms with Gasteiger partial charge in [0.25, 0.3) is 0 Å². The van der Waals surface area contributed by atoms with E-state index in [1.807, 2.05) is 0 Å². The number of fused-ring (bicyclic) bond motifs is 1. The number of nitrogens with two attached hydrogens (primary N) is 1. The van der Waals surface area contributed by atoms with Gasteiger partial charge in [-0.05, 0) is 54.2 Å². The van der Waals surface area contributed by atoms with E-state index in [4.69, 9.17) is 5.73 Å². The SMILES string of the molecule is Nc1ncnc2c1c(Br)cn2[C@@H]1C[C@H](C(=O)NC[C@@H]2CCCNC2)[C@@H](O)[C@H]1O. The Hall–Kier alpha value is -1.75. The van der Waals surface area contributed by atoms with Gasteiger partial charge in [0.2, 0.25) is 5.91 Å². The van der Waals surface area contributed by atoms with Crippen molar-refractivity contribution in [3.8, 4) is 0 Å². The normalized spacial score (nSPS) is 30.6. The average molecular weight is 453 g/mol. The Labute approximate surface area is 170 Å². The molecule has 3 heterocycles. The molecule has 1 saturated heterocycles. The van der Waals surface area contributed by atoms with Gasteiger partial charge in [-0.2, -0.15) is 0 Å². The fraction of sp³-hybridized carbons (Fsp3) is 0.611. The van der Waals surface area contributed by atoms with Crippen molar-refractivity contribution >= 4 is 38.7 Å². The molecule has 9 nitrogen and oxygen atoms in total. The maximum Gasteiger partial charge on any atom is 0.225 e. The van der Waals surface area contributed by atoms with Gasteiger partial charge in [0.1, 0.15) is 23.9 Å². The third-order valence-electron chi connectivity index (χ3n) is 5.90. The highest BCUT2D eigenvalue weighted by Gasteiger charge is 2.46. The van der Waals surface area contributed by atoms with Gasteiger partial charge < -0.3 is 31.1 Å². The van der Waals surface area contributed by atoms with E-state index in [-0.39, 0.29) is 5.91 Å². The molecule has 1 aliphatic heterocycles. The Morgan fingerprint density at radius 2 is 2.21 bits per heavy atom. The summed E-state index contributed by atoms with van der Waals surface area (Å²) in [5.41, 5.74) is 6.50. The Balaban J connectivity index is 1.50. The van der Waals surface area contributed by atoms with Crippen molar-refractivity contribution < 1.29 is 15.0 Å². The van der Waals surface area contributed by atoms with Crippen molar-refractivity contribution in [1.29, 1.82) is 0 Å². The highest BCUT2D eigenvalue weighted by atomic mass is 79.9. The van der Waals surface area contributed by atoms with Crippen molar-refractivity contribution in [3.63, 3.8) is 0 Å². The number of halogens is 1. The lowest BCUT2D eigenvalue weighted by atomic mass is 9.98. The number of piperidine rings is 1. The molecule has 0 spiro atoms. The van der Waals surface area contributed by atoms with Gasteiger partial charge in [-0.3, -0.25) is 4.79 Å². The van der Waals surface area contributed by atoms with Crippen LogP contribution in [0.1, 0.15) is 25.3 Å². The Morgan fingerprint density at radius 3 is 2.96 bits per heavy atom. The number of aliphatic hydroxyl groups excluding tert-OH is 2. The zero-order valence-corrected chi connectivity index (χ0v) is 17.0. The number of hydrogen-bond acceptors (Lipinski definition) is 7. The minimum absolute atomic E-state index is 0.218. The van der Waals surface area contributed by atoms with Crippen LogP contribution in [-0.4, -0.2) is 62.5 Å². The smallest absolute Gasteiger partial charge is 0.225 e. The molecule has 5 atom stereocenters. The van der Waals surface area contributed by atoms with E-state index in [0.717, 1.165) is 25.9 Å². The van der Waals surface area contributed by atoms with Gasteiger partial charge in [0, 0.05) is 17.2 Å². The van der Waals surface area contributed by atoms with Crippen LogP contribution in [-0.2, 0) is 4.79 Å². The molecular weight excluding hydrogens is 428 g/mol. The highest BCUT2D eigenvalue weighted by Crippen LogP contribution is 2.40. The summed E-state index contributed by atoms with van der Waals surface area (Å²) in [5.74, 6) is -0.156. The standard InChI is InChI=1S/C18H25BrN6O3/c19-11-7-25(17-13(11)16(20)23-8-24-17)12-4-10(14(26)15(12)27)18(28)22-6-9-2-1-3-21-5-9/h7-10,12,14-15,21,26-27H,1-6H2,(H,22,28)(H2,20,23,24)/t9-,10+,12-,14-,15+/m1/s1. The van der Waals surface area contributed by atoms with Crippen LogP contribution in [0.2, 0.25) is 0 Å². The zero-order valence-electron chi connectivity index (χ0n) is 15.4. The first-order chi connectivity index (χ1) is 13.5. The third-order valence-corrected chi connectivity index (χ3v) is 6.50. The van der Waals surface area contributed by atoms with Gasteiger partial charge in [-0.15, -0.1) is 0 Å². The molecule has 2 aromatic heterocycles. The molecular formula is C18H25BrN6O3. The number of nitrogens with zero attached hydrogens (tertiary/aromatic N) is 3. The molecule has 0 radical (unpaired) electrons. The number of carbonyl (C=O) groups excluding carboxylic acids is 1. The molecule has 0 aromatic carbocycles. The van der Waals surface area contributed by atoms with Crippen molar-refractivity contribution in [2.24, 2.45) is 11.8 Å². The lowest BCUT2D eigenvalue weighted by molar-refractivity contribution is -0.129. The maximum atomic E-state index is 12.7. The molecule has 10 heteroatoms. The van der Waals surface area contributed by atoms with Gasteiger partial charge in [-0.1, -0.05) is 0 Å². The van der Waals surface area contributed by atoms with Crippen LogP contribution in [0.15, 0.2) is 17.0 Å². The Kier molecular flexibility index (Phi) is 5.55. The average Bonchev–Trinajstić information content (AvgIpc) is 3.19. The van der Waals surface area contributed by atoms with Crippen LogP contribution in [0.3, 0.4) is 0 Å². The number of anilines is 1. The van der Waals surface area contributed by atoms with Crippen LogP contribution < -0.4 is 16.4 Å². The Morgan fingerprint density at radius 1 is 1.39 bits per heavy atom. The number of carbonyl (C=O) groups is 1. The predicted molar refractivity (Wildman–Crippen MR) is 107 cm³/mol. The molecule has 0 unspecified atom stereocenters. The van der Waals surface area contributed by atoms with Crippen LogP contribution in [0.4, 0.5) is 5.82 Å². The minimum atomic E-state index is -1.13. The molecule has 2 aromatic rings. The van der Waals surface area contributed by atoms with Crippen LogP contribution in [0.5, 0.6) is 0 Å². The molecule has 1 saturated carbocycles. The van der Waals surface area contributed by atoms with Gasteiger partial charge in [0.15, 0.2) is 0 Å². The summed E-state index contributed by atoms with van der Waals surface area (Å²) in [6.45, 7) is 2.49. The van der Waals surface area contributed by atoms with Crippen molar-refractivity contribution in [2.75, 3.05) is 25.4 Å². The molecule has 6 N–H and O–H groups in total.